The van der Waals surface area contributed by atoms with Gasteiger partial charge in [-0.1, -0.05) is 35.9 Å². The second-order valence-corrected chi connectivity index (χ2v) is 8.59. The Morgan fingerprint density at radius 1 is 1.25 bits per heavy atom. The molecule has 0 aliphatic heterocycles. The van der Waals surface area contributed by atoms with E-state index in [2.05, 4.69) is 15.3 Å². The van der Waals surface area contributed by atoms with Gasteiger partial charge in [-0.3, -0.25) is 4.79 Å². The van der Waals surface area contributed by atoms with E-state index in [0.717, 1.165) is 20.3 Å². The van der Waals surface area contributed by atoms with Crippen molar-refractivity contribution in [1.82, 2.24) is 9.97 Å². The first-order valence-corrected chi connectivity index (χ1v) is 10.6. The summed E-state index contributed by atoms with van der Waals surface area (Å²) in [5, 5.41) is 6.09. The van der Waals surface area contributed by atoms with Gasteiger partial charge in [0.25, 0.3) is 0 Å². The van der Waals surface area contributed by atoms with Crippen LogP contribution in [-0.4, -0.2) is 15.9 Å². The van der Waals surface area contributed by atoms with Crippen LogP contribution in [0.25, 0.3) is 10.8 Å². The number of amides is 1. The van der Waals surface area contributed by atoms with E-state index < -0.39 is 0 Å². The normalized spacial score (nSPS) is 10.9. The third-order valence-corrected chi connectivity index (χ3v) is 6.21. The standard InChI is InChI=1S/C20H16ClN3O2S2/c1-12-16(23-19(26-12)17-7-4-8-27-17)10-18(25)24-20-22-11-14(28-20)9-13-5-2-3-6-15(13)21/h2-8,11H,9-10H2,1H3,(H,22,24,25). The molecule has 142 valence electrons. The number of benzene rings is 1. The van der Waals surface area contributed by atoms with Crippen LogP contribution in [-0.2, 0) is 17.6 Å². The Balaban J connectivity index is 1.40. The fraction of sp³-hybridized carbons (Fsp3) is 0.150. The number of oxazole rings is 1. The van der Waals surface area contributed by atoms with Crippen molar-refractivity contribution in [2.75, 3.05) is 5.32 Å². The van der Waals surface area contributed by atoms with Crippen molar-refractivity contribution in [3.8, 4) is 10.8 Å². The Bertz CT molecular complexity index is 1100. The highest BCUT2D eigenvalue weighted by atomic mass is 35.5. The van der Waals surface area contributed by atoms with E-state index in [1.165, 1.54) is 11.3 Å². The molecule has 4 rings (SSSR count). The van der Waals surface area contributed by atoms with Crippen LogP contribution in [0.4, 0.5) is 5.13 Å². The number of halogens is 1. The highest BCUT2D eigenvalue weighted by molar-refractivity contribution is 7.15. The molecule has 0 unspecified atom stereocenters. The van der Waals surface area contributed by atoms with E-state index >= 15 is 0 Å². The van der Waals surface area contributed by atoms with Crippen LogP contribution in [0.5, 0.6) is 0 Å². The van der Waals surface area contributed by atoms with E-state index in [-0.39, 0.29) is 12.3 Å². The summed E-state index contributed by atoms with van der Waals surface area (Å²) in [4.78, 5) is 23.1. The average Bonchev–Trinajstić information content (AvgIpc) is 3.40. The van der Waals surface area contributed by atoms with Crippen molar-refractivity contribution in [2.24, 2.45) is 0 Å². The quantitative estimate of drug-likeness (QED) is 0.433. The van der Waals surface area contributed by atoms with Crippen LogP contribution >= 0.6 is 34.3 Å². The fourth-order valence-electron chi connectivity index (χ4n) is 2.69. The molecule has 4 aromatic rings. The van der Waals surface area contributed by atoms with Gasteiger partial charge < -0.3 is 9.73 Å². The summed E-state index contributed by atoms with van der Waals surface area (Å²) in [6.45, 7) is 1.82. The van der Waals surface area contributed by atoms with Crippen LogP contribution in [0.1, 0.15) is 21.9 Å². The minimum atomic E-state index is -0.173. The molecule has 1 aromatic carbocycles. The third kappa shape index (κ3) is 4.32. The number of nitrogens with one attached hydrogen (secondary N) is 1. The molecule has 28 heavy (non-hydrogen) atoms. The molecule has 0 aliphatic carbocycles. The maximum absolute atomic E-state index is 12.4. The van der Waals surface area contributed by atoms with E-state index in [1.807, 2.05) is 48.7 Å². The number of nitrogens with zero attached hydrogens (tertiary/aromatic N) is 2. The van der Waals surface area contributed by atoms with E-state index in [4.69, 9.17) is 16.0 Å². The Hall–Kier alpha value is -2.48. The molecule has 5 nitrogen and oxygen atoms in total. The van der Waals surface area contributed by atoms with Crippen LogP contribution in [0.2, 0.25) is 5.02 Å². The van der Waals surface area contributed by atoms with Crippen molar-refractivity contribution >= 4 is 45.3 Å². The summed E-state index contributed by atoms with van der Waals surface area (Å²) in [5.74, 6) is 1.02. The number of aromatic nitrogens is 2. The lowest BCUT2D eigenvalue weighted by Crippen LogP contribution is -2.14. The summed E-state index contributed by atoms with van der Waals surface area (Å²) < 4.78 is 5.69. The van der Waals surface area contributed by atoms with Gasteiger partial charge in [0.2, 0.25) is 11.8 Å². The molecule has 1 N–H and O–H groups in total. The molecular weight excluding hydrogens is 414 g/mol. The van der Waals surface area contributed by atoms with Crippen LogP contribution in [0, 0.1) is 6.92 Å². The summed E-state index contributed by atoms with van der Waals surface area (Å²) in [6.07, 6.45) is 2.58. The molecule has 3 heterocycles. The van der Waals surface area contributed by atoms with Crippen molar-refractivity contribution in [1.29, 1.82) is 0 Å². The van der Waals surface area contributed by atoms with Crippen LogP contribution < -0.4 is 5.32 Å². The summed E-state index contributed by atoms with van der Waals surface area (Å²) in [6, 6.07) is 11.6. The zero-order valence-electron chi connectivity index (χ0n) is 14.9. The number of rotatable bonds is 6. The number of thiazole rings is 1. The minimum absolute atomic E-state index is 0.139. The first-order valence-electron chi connectivity index (χ1n) is 8.56. The van der Waals surface area contributed by atoms with Crippen LogP contribution in [0.15, 0.2) is 52.4 Å². The molecule has 0 aliphatic rings. The van der Waals surface area contributed by atoms with Gasteiger partial charge in [0.15, 0.2) is 5.13 Å². The number of hydrogen-bond donors (Lipinski definition) is 1. The molecule has 8 heteroatoms. The Kier molecular flexibility index (Phi) is 5.57. The highest BCUT2D eigenvalue weighted by Crippen LogP contribution is 2.27. The lowest BCUT2D eigenvalue weighted by Gasteiger charge is -2.01. The molecule has 0 atom stereocenters. The lowest BCUT2D eigenvalue weighted by atomic mass is 10.1. The number of aryl methyl sites for hydroxylation is 1. The second kappa shape index (κ2) is 8.26. The zero-order valence-corrected chi connectivity index (χ0v) is 17.3. The van der Waals surface area contributed by atoms with Gasteiger partial charge in [-0.05, 0) is 30.0 Å². The van der Waals surface area contributed by atoms with E-state index in [0.29, 0.717) is 28.9 Å². The second-order valence-electron chi connectivity index (χ2n) is 6.12. The van der Waals surface area contributed by atoms with Gasteiger partial charge in [0, 0.05) is 22.5 Å². The molecule has 0 spiro atoms. The van der Waals surface area contributed by atoms with Crippen molar-refractivity contribution in [3.05, 3.63) is 74.9 Å². The van der Waals surface area contributed by atoms with Gasteiger partial charge in [-0.15, -0.1) is 22.7 Å². The average molecular weight is 430 g/mol. The highest BCUT2D eigenvalue weighted by Gasteiger charge is 2.16. The molecule has 1 amide bonds. The van der Waals surface area contributed by atoms with Crippen molar-refractivity contribution < 1.29 is 9.21 Å². The van der Waals surface area contributed by atoms with E-state index in [1.54, 1.807) is 17.5 Å². The maximum atomic E-state index is 12.4. The van der Waals surface area contributed by atoms with Gasteiger partial charge in [-0.2, -0.15) is 0 Å². The number of carbonyl (C=O) groups is 1. The number of thiophene rings is 1. The zero-order chi connectivity index (χ0) is 19.5. The first-order chi connectivity index (χ1) is 13.6. The number of anilines is 1. The van der Waals surface area contributed by atoms with E-state index in [9.17, 15) is 4.79 Å². The Labute approximate surface area is 175 Å². The fourth-order valence-corrected chi connectivity index (χ4v) is 4.39. The monoisotopic (exact) mass is 429 g/mol. The lowest BCUT2D eigenvalue weighted by molar-refractivity contribution is -0.115. The topological polar surface area (TPSA) is 68.0 Å². The molecule has 0 saturated carbocycles. The Morgan fingerprint density at radius 3 is 2.89 bits per heavy atom. The Morgan fingerprint density at radius 2 is 2.11 bits per heavy atom. The summed E-state index contributed by atoms with van der Waals surface area (Å²) >= 11 is 9.20. The molecule has 3 aromatic heterocycles. The molecule has 0 fully saturated rings. The third-order valence-electron chi connectivity index (χ3n) is 4.08. The van der Waals surface area contributed by atoms with Crippen molar-refractivity contribution in [2.45, 2.75) is 19.8 Å². The largest absolute Gasteiger partial charge is 0.440 e. The number of hydrogen-bond acceptors (Lipinski definition) is 6. The predicted molar refractivity (Wildman–Crippen MR) is 113 cm³/mol. The summed E-state index contributed by atoms with van der Waals surface area (Å²) in [5.41, 5.74) is 1.67. The SMILES string of the molecule is Cc1oc(-c2cccs2)nc1CC(=O)Nc1ncc(Cc2ccccc2Cl)s1. The number of carbonyl (C=O) groups excluding carboxylic acids is 1. The first kappa shape index (κ1) is 18.9. The molecule has 0 radical (unpaired) electrons. The summed E-state index contributed by atoms with van der Waals surface area (Å²) in [7, 11) is 0. The smallest absolute Gasteiger partial charge is 0.236 e. The molecule has 0 bridgehead atoms. The van der Waals surface area contributed by atoms with Gasteiger partial charge in [-0.25, -0.2) is 9.97 Å². The van der Waals surface area contributed by atoms with Gasteiger partial charge in [0.1, 0.15) is 5.76 Å². The van der Waals surface area contributed by atoms with Crippen molar-refractivity contribution in [3.63, 3.8) is 0 Å². The molecule has 0 saturated heterocycles. The maximum Gasteiger partial charge on any atom is 0.236 e. The van der Waals surface area contributed by atoms with Gasteiger partial charge in [0.05, 0.1) is 17.0 Å². The molecular formula is C20H16ClN3O2S2. The van der Waals surface area contributed by atoms with Gasteiger partial charge >= 0.3 is 0 Å². The van der Waals surface area contributed by atoms with Crippen LogP contribution in [0.3, 0.4) is 0 Å². The minimum Gasteiger partial charge on any atom is -0.440 e. The predicted octanol–water partition coefficient (Wildman–Crippen LogP) is 5.59.